The molecule has 0 aliphatic carbocycles. The molecule has 45 heavy (non-hydrogen) atoms. The number of rotatable bonds is 3. The van der Waals surface area contributed by atoms with E-state index in [0.29, 0.717) is 61.3 Å². The lowest BCUT2D eigenvalue weighted by atomic mass is 9.95. The average Bonchev–Trinajstić information content (AvgIpc) is 3.44. The minimum atomic E-state index is -0.939. The highest BCUT2D eigenvalue weighted by Crippen LogP contribution is 2.41. The number of hydrogen-bond acceptors (Lipinski definition) is 11. The van der Waals surface area contributed by atoms with Crippen LogP contribution < -0.4 is 9.64 Å². The van der Waals surface area contributed by atoms with E-state index < -0.39 is 29.8 Å². The third-order valence-corrected chi connectivity index (χ3v) is 9.38. The highest BCUT2D eigenvalue weighted by Gasteiger charge is 2.49. The third-order valence-electron chi connectivity index (χ3n) is 9.04. The van der Waals surface area contributed by atoms with Crippen LogP contribution in [0.25, 0.3) is 22.2 Å². The zero-order valence-electron chi connectivity index (χ0n) is 24.4. The Labute approximate surface area is 263 Å². The van der Waals surface area contributed by atoms with Gasteiger partial charge in [-0.25, -0.2) is 13.6 Å². The van der Waals surface area contributed by atoms with Gasteiger partial charge in [-0.1, -0.05) is 11.6 Å². The first-order valence-electron chi connectivity index (χ1n) is 15.1. The van der Waals surface area contributed by atoms with E-state index >= 15 is 4.39 Å². The quantitative estimate of drug-likeness (QED) is 0.373. The van der Waals surface area contributed by atoms with Crippen LogP contribution in [0, 0.1) is 17.1 Å². The minimum Gasteiger partial charge on any atom is -0.461 e. The van der Waals surface area contributed by atoms with Gasteiger partial charge in [0.05, 0.1) is 48.9 Å². The molecule has 11 nitrogen and oxygen atoms in total. The molecule has 14 heteroatoms. The van der Waals surface area contributed by atoms with Crippen LogP contribution in [0.4, 0.5) is 19.4 Å². The van der Waals surface area contributed by atoms with Crippen LogP contribution in [0.3, 0.4) is 0 Å². The van der Waals surface area contributed by atoms with Crippen molar-refractivity contribution in [2.45, 2.75) is 49.9 Å². The number of nitrogens with zero attached hydrogens (tertiary/aromatic N) is 6. The van der Waals surface area contributed by atoms with Crippen molar-refractivity contribution in [3.63, 3.8) is 0 Å². The molecule has 3 atom stereocenters. The van der Waals surface area contributed by atoms with Gasteiger partial charge >= 0.3 is 12.2 Å². The van der Waals surface area contributed by atoms with Gasteiger partial charge in [0.25, 0.3) is 0 Å². The Hall–Kier alpha value is -3.86. The van der Waals surface area contributed by atoms with Gasteiger partial charge in [-0.3, -0.25) is 9.88 Å². The van der Waals surface area contributed by atoms with Gasteiger partial charge < -0.3 is 23.8 Å². The predicted octanol–water partition coefficient (Wildman–Crippen LogP) is 4.62. The van der Waals surface area contributed by atoms with Gasteiger partial charge in [-0.2, -0.15) is 15.2 Å². The molecular formula is C31H31ClF2N6O5. The molecule has 0 spiro atoms. The zero-order valence-corrected chi connectivity index (χ0v) is 25.2. The van der Waals surface area contributed by atoms with E-state index in [1.165, 1.54) is 18.3 Å². The highest BCUT2D eigenvalue weighted by atomic mass is 35.5. The molecule has 236 valence electrons. The van der Waals surface area contributed by atoms with Crippen molar-refractivity contribution < 1.29 is 32.5 Å². The number of pyridine rings is 1. The Balaban J connectivity index is 1.37. The fourth-order valence-electron chi connectivity index (χ4n) is 6.95. The summed E-state index contributed by atoms with van der Waals surface area (Å²) in [5.74, 6) is -0.400. The third kappa shape index (κ3) is 5.71. The van der Waals surface area contributed by atoms with Crippen molar-refractivity contribution in [2.24, 2.45) is 0 Å². The molecule has 0 N–H and O–H groups in total. The van der Waals surface area contributed by atoms with Crippen LogP contribution in [0.1, 0.15) is 36.8 Å². The molecule has 2 aromatic heterocycles. The van der Waals surface area contributed by atoms with E-state index in [-0.39, 0.29) is 54.2 Å². The molecule has 0 saturated carbocycles. The number of hydrogen-bond donors (Lipinski definition) is 0. The summed E-state index contributed by atoms with van der Waals surface area (Å²) in [4.78, 5) is 30.3. The van der Waals surface area contributed by atoms with Crippen LogP contribution in [0.2, 0.25) is 5.02 Å². The molecule has 0 unspecified atom stereocenters. The second-order valence-corrected chi connectivity index (χ2v) is 12.3. The van der Waals surface area contributed by atoms with Crippen LogP contribution in [-0.4, -0.2) is 96.4 Å². The molecule has 0 amide bonds. The first-order chi connectivity index (χ1) is 21.8. The summed E-state index contributed by atoms with van der Waals surface area (Å²) in [6.45, 7) is 2.33. The molecule has 7 heterocycles. The van der Waals surface area contributed by atoms with Gasteiger partial charge in [-0.05, 0) is 49.9 Å². The summed E-state index contributed by atoms with van der Waals surface area (Å²) in [5.41, 5.74) is 0.582. The number of aromatic nitrogens is 3. The molecule has 6 bridgehead atoms. The number of fused-ring (bicyclic) bond motifs is 7. The maximum absolute atomic E-state index is 16.7. The fourth-order valence-corrected chi connectivity index (χ4v) is 7.26. The smallest absolute Gasteiger partial charge is 0.461 e. The number of anilines is 1. The maximum Gasteiger partial charge on any atom is 0.508 e. The molecular weight excluding hydrogens is 610 g/mol. The first kappa shape index (κ1) is 29.8. The van der Waals surface area contributed by atoms with Crippen LogP contribution >= 0.6 is 11.6 Å². The lowest BCUT2D eigenvalue weighted by molar-refractivity contribution is -0.00448. The summed E-state index contributed by atoms with van der Waals surface area (Å²) in [6, 6.07) is 5.04. The van der Waals surface area contributed by atoms with E-state index in [1.54, 1.807) is 0 Å². The maximum atomic E-state index is 16.7. The SMILES string of the molecule is N#Cc1cc(Cl)c2c(c1)-c1ncc3c(nc(OC[C@@]45CCCN4C[C@H](F)C5)nc3c1F)N1CCOC[C@H](C1)OC(=O)OCCC2. The number of carbonyl (C=O) groups is 1. The lowest BCUT2D eigenvalue weighted by Crippen LogP contribution is -2.43. The van der Waals surface area contributed by atoms with Gasteiger partial charge in [0, 0.05) is 36.3 Å². The number of ether oxygens (including phenoxy) is 4. The Bertz CT molecular complexity index is 1690. The predicted molar refractivity (Wildman–Crippen MR) is 159 cm³/mol. The van der Waals surface area contributed by atoms with Crippen molar-refractivity contribution in [2.75, 3.05) is 57.5 Å². The standard InChI is InChI=1S/C31H31ClF2N6O5/c32-24-10-18(12-35)9-22-21(24)3-1-7-43-30(41)45-20-15-39(6-8-42-16-20)28-23-13-36-26(22)25(34)27(23)37-29(38-28)44-17-31-4-2-5-40(31)14-19(33)11-31/h9-10,13,19-20H,1-8,11,14-17H2/t19-,20+,31+/m1/s1. The van der Waals surface area contributed by atoms with Crippen molar-refractivity contribution in [3.8, 4) is 23.3 Å². The van der Waals surface area contributed by atoms with Gasteiger partial charge in [0.2, 0.25) is 0 Å². The number of halogens is 3. The largest absolute Gasteiger partial charge is 0.508 e. The highest BCUT2D eigenvalue weighted by molar-refractivity contribution is 6.32. The van der Waals surface area contributed by atoms with E-state index in [9.17, 15) is 14.4 Å². The second-order valence-electron chi connectivity index (χ2n) is 11.9. The number of carbonyl (C=O) groups excluding carboxylic acids is 1. The molecule has 3 fully saturated rings. The van der Waals surface area contributed by atoms with Gasteiger partial charge in [-0.15, -0.1) is 0 Å². The Morgan fingerprint density at radius 1 is 1.20 bits per heavy atom. The van der Waals surface area contributed by atoms with Crippen molar-refractivity contribution in [3.05, 3.63) is 40.3 Å². The van der Waals surface area contributed by atoms with E-state index in [4.69, 9.17) is 35.5 Å². The van der Waals surface area contributed by atoms with Crippen molar-refractivity contribution in [1.29, 1.82) is 5.26 Å². The van der Waals surface area contributed by atoms with Gasteiger partial charge in [0.15, 0.2) is 5.82 Å². The number of benzene rings is 1. The number of nitriles is 1. The summed E-state index contributed by atoms with van der Waals surface area (Å²) in [6.07, 6.45) is 1.78. The first-order valence-corrected chi connectivity index (χ1v) is 15.5. The summed E-state index contributed by atoms with van der Waals surface area (Å²) >= 11 is 6.59. The normalized spacial score (nSPS) is 25.4. The molecule has 0 radical (unpaired) electrons. The zero-order chi connectivity index (χ0) is 31.1. The Morgan fingerprint density at radius 2 is 2.09 bits per heavy atom. The van der Waals surface area contributed by atoms with Crippen LogP contribution in [0.15, 0.2) is 18.3 Å². The Morgan fingerprint density at radius 3 is 2.96 bits per heavy atom. The van der Waals surface area contributed by atoms with Crippen molar-refractivity contribution >= 4 is 34.5 Å². The minimum absolute atomic E-state index is 0.0332. The fraction of sp³-hybridized carbons (Fsp3) is 0.516. The molecule has 3 aromatic rings. The molecule has 3 saturated heterocycles. The van der Waals surface area contributed by atoms with Gasteiger partial charge in [0.1, 0.15) is 35.9 Å². The van der Waals surface area contributed by atoms with E-state index in [2.05, 4.69) is 20.9 Å². The van der Waals surface area contributed by atoms with Crippen LogP contribution in [-0.2, 0) is 20.6 Å². The summed E-state index contributed by atoms with van der Waals surface area (Å²) in [5, 5.41) is 10.2. The Kier molecular flexibility index (Phi) is 8.05. The van der Waals surface area contributed by atoms with E-state index in [0.717, 1.165) is 19.4 Å². The summed E-state index contributed by atoms with van der Waals surface area (Å²) < 4.78 is 54.0. The van der Waals surface area contributed by atoms with E-state index in [1.807, 2.05) is 4.90 Å². The topological polar surface area (TPSA) is 123 Å². The molecule has 5 aliphatic heterocycles. The monoisotopic (exact) mass is 640 g/mol. The summed E-state index contributed by atoms with van der Waals surface area (Å²) in [7, 11) is 0. The van der Waals surface area contributed by atoms with Crippen molar-refractivity contribution in [1.82, 2.24) is 19.9 Å². The number of alkyl halides is 1. The average molecular weight is 641 g/mol. The molecule has 8 rings (SSSR count). The molecule has 1 aromatic carbocycles. The lowest BCUT2D eigenvalue weighted by Gasteiger charge is -2.31. The second kappa shape index (κ2) is 12.2. The molecule has 5 aliphatic rings. The van der Waals surface area contributed by atoms with Crippen LogP contribution in [0.5, 0.6) is 6.01 Å².